The van der Waals surface area contributed by atoms with Crippen molar-refractivity contribution in [2.75, 3.05) is 7.05 Å². The molecule has 0 aliphatic heterocycles. The minimum atomic E-state index is 0.648. The van der Waals surface area contributed by atoms with Crippen molar-refractivity contribution in [2.45, 2.75) is 44.8 Å². The van der Waals surface area contributed by atoms with Crippen LogP contribution in [0.15, 0.2) is 22.8 Å². The first-order valence-electron chi connectivity index (χ1n) is 7.55. The molecule has 0 spiro atoms. The zero-order valence-electron chi connectivity index (χ0n) is 12.7. The molecule has 0 saturated heterocycles. The zero-order valence-corrected chi connectivity index (χ0v) is 13.5. The fourth-order valence-corrected chi connectivity index (χ4v) is 3.23. The molecule has 0 atom stereocenters. The molecule has 21 heavy (non-hydrogen) atoms. The Hall–Kier alpha value is -1.40. The molecule has 0 N–H and O–H groups in total. The van der Waals surface area contributed by atoms with Crippen LogP contribution >= 0.6 is 12.2 Å². The highest BCUT2D eigenvalue weighted by Crippen LogP contribution is 2.22. The summed E-state index contributed by atoms with van der Waals surface area (Å²) in [5, 5.41) is 4.63. The predicted molar refractivity (Wildman–Crippen MR) is 84.4 cm³/mol. The van der Waals surface area contributed by atoms with Crippen LogP contribution in [0.5, 0.6) is 0 Å². The highest BCUT2D eigenvalue weighted by Gasteiger charge is 2.20. The monoisotopic (exact) mass is 306 g/mol. The lowest BCUT2D eigenvalue weighted by Gasteiger charge is -2.30. The third-order valence-electron chi connectivity index (χ3n) is 4.34. The smallest absolute Gasteiger partial charge is 0.199 e. The van der Waals surface area contributed by atoms with Gasteiger partial charge in [0.1, 0.15) is 0 Å². The molecule has 6 heteroatoms. The lowest BCUT2D eigenvalue weighted by atomic mass is 9.95. The highest BCUT2D eigenvalue weighted by molar-refractivity contribution is 7.71. The van der Waals surface area contributed by atoms with Crippen LogP contribution in [0.4, 0.5) is 0 Å². The van der Waals surface area contributed by atoms with Gasteiger partial charge in [0, 0.05) is 13.1 Å². The molecule has 1 saturated carbocycles. The average Bonchev–Trinajstić information content (AvgIpc) is 3.12. The van der Waals surface area contributed by atoms with E-state index in [9.17, 15) is 0 Å². The van der Waals surface area contributed by atoms with E-state index in [-0.39, 0.29) is 0 Å². The van der Waals surface area contributed by atoms with E-state index in [0.717, 1.165) is 23.0 Å². The summed E-state index contributed by atoms with van der Waals surface area (Å²) in [6.07, 6.45) is 8.26. The first-order chi connectivity index (χ1) is 10.2. The van der Waals surface area contributed by atoms with Gasteiger partial charge >= 0.3 is 0 Å². The lowest BCUT2D eigenvalue weighted by Crippen LogP contribution is -2.35. The number of hydrogen-bond donors (Lipinski definition) is 0. The van der Waals surface area contributed by atoms with Crippen molar-refractivity contribution in [3.05, 3.63) is 23.2 Å². The predicted octanol–water partition coefficient (Wildman–Crippen LogP) is 3.43. The molecule has 2 heterocycles. The summed E-state index contributed by atoms with van der Waals surface area (Å²) >= 11 is 5.50. The van der Waals surface area contributed by atoms with E-state index >= 15 is 0 Å². The van der Waals surface area contributed by atoms with Gasteiger partial charge in [-0.3, -0.25) is 4.90 Å². The molecule has 1 aliphatic rings. The summed E-state index contributed by atoms with van der Waals surface area (Å²) in [5.74, 6) is 1.53. The summed E-state index contributed by atoms with van der Waals surface area (Å²) < 4.78 is 9.96. The summed E-state index contributed by atoms with van der Waals surface area (Å²) in [5.41, 5.74) is 0. The van der Waals surface area contributed by atoms with Gasteiger partial charge in [0.25, 0.3) is 0 Å². The van der Waals surface area contributed by atoms with Gasteiger partial charge in [-0.2, -0.15) is 0 Å². The van der Waals surface area contributed by atoms with E-state index in [1.807, 2.05) is 28.4 Å². The molecule has 0 radical (unpaired) electrons. The third-order valence-corrected chi connectivity index (χ3v) is 4.82. The van der Waals surface area contributed by atoms with Crippen molar-refractivity contribution in [3.8, 4) is 11.6 Å². The Bertz CT molecular complexity index is 637. The van der Waals surface area contributed by atoms with Gasteiger partial charge in [0.2, 0.25) is 0 Å². The number of hydrogen-bond acceptors (Lipinski definition) is 4. The van der Waals surface area contributed by atoms with E-state index < -0.39 is 0 Å². The van der Waals surface area contributed by atoms with Crippen molar-refractivity contribution >= 4 is 12.2 Å². The van der Waals surface area contributed by atoms with Gasteiger partial charge in [-0.05, 0) is 44.2 Å². The molecule has 114 valence electrons. The minimum absolute atomic E-state index is 0.648. The number of furan rings is 1. The van der Waals surface area contributed by atoms with E-state index in [1.54, 1.807) is 6.26 Å². The second kappa shape index (κ2) is 6.15. The maximum Gasteiger partial charge on any atom is 0.199 e. The molecule has 2 aromatic rings. The largest absolute Gasteiger partial charge is 0.461 e. The molecular formula is C15H22N4OS. The summed E-state index contributed by atoms with van der Waals surface area (Å²) in [4.78, 5) is 2.37. The van der Waals surface area contributed by atoms with Crippen molar-refractivity contribution in [3.63, 3.8) is 0 Å². The van der Waals surface area contributed by atoms with Gasteiger partial charge < -0.3 is 8.98 Å². The molecular weight excluding hydrogens is 284 g/mol. The van der Waals surface area contributed by atoms with Crippen molar-refractivity contribution in [2.24, 2.45) is 7.05 Å². The Balaban J connectivity index is 1.79. The Labute approximate surface area is 130 Å². The molecule has 0 unspecified atom stereocenters. The fraction of sp³-hybridized carbons (Fsp3) is 0.600. The molecule has 1 fully saturated rings. The van der Waals surface area contributed by atoms with Crippen LogP contribution in [0.2, 0.25) is 0 Å². The fourth-order valence-electron chi connectivity index (χ4n) is 3.05. The Kier molecular flexibility index (Phi) is 4.26. The molecule has 5 nitrogen and oxygen atoms in total. The Morgan fingerprint density at radius 1 is 1.38 bits per heavy atom. The quantitative estimate of drug-likeness (QED) is 0.811. The van der Waals surface area contributed by atoms with Crippen molar-refractivity contribution in [1.82, 2.24) is 19.2 Å². The Morgan fingerprint density at radius 3 is 2.81 bits per heavy atom. The normalized spacial score (nSPS) is 16.7. The second-order valence-electron chi connectivity index (χ2n) is 5.83. The van der Waals surface area contributed by atoms with Gasteiger partial charge in [-0.15, -0.1) is 5.10 Å². The van der Waals surface area contributed by atoms with E-state index in [1.165, 1.54) is 32.1 Å². The van der Waals surface area contributed by atoms with E-state index in [4.69, 9.17) is 16.6 Å². The number of rotatable bonds is 4. The maximum atomic E-state index is 5.50. The topological polar surface area (TPSA) is 39.1 Å². The van der Waals surface area contributed by atoms with Crippen LogP contribution in [0.3, 0.4) is 0 Å². The average molecular weight is 306 g/mol. The second-order valence-corrected chi connectivity index (χ2v) is 6.20. The summed E-state index contributed by atoms with van der Waals surface area (Å²) in [6, 6.07) is 4.42. The summed E-state index contributed by atoms with van der Waals surface area (Å²) in [6.45, 7) is 0.734. The Morgan fingerprint density at radius 2 is 2.14 bits per heavy atom. The molecule has 0 amide bonds. The molecule has 2 aromatic heterocycles. The van der Waals surface area contributed by atoms with Gasteiger partial charge in [0.15, 0.2) is 16.4 Å². The van der Waals surface area contributed by atoms with Crippen LogP contribution in [0, 0.1) is 4.77 Å². The first kappa shape index (κ1) is 14.5. The molecule has 1 aliphatic carbocycles. The van der Waals surface area contributed by atoms with E-state index in [2.05, 4.69) is 17.0 Å². The van der Waals surface area contributed by atoms with Crippen molar-refractivity contribution < 1.29 is 4.42 Å². The molecule has 0 aromatic carbocycles. The van der Waals surface area contributed by atoms with E-state index in [0.29, 0.717) is 6.04 Å². The van der Waals surface area contributed by atoms with Gasteiger partial charge in [0.05, 0.1) is 12.9 Å². The van der Waals surface area contributed by atoms with Crippen molar-refractivity contribution in [1.29, 1.82) is 0 Å². The van der Waals surface area contributed by atoms with Gasteiger partial charge in [-0.25, -0.2) is 4.68 Å². The SMILES string of the molecule is CN(Cn1nc(-c2ccco2)n(C)c1=S)C1CCCCC1. The highest BCUT2D eigenvalue weighted by atomic mass is 32.1. The molecule has 3 rings (SSSR count). The minimum Gasteiger partial charge on any atom is -0.461 e. The van der Waals surface area contributed by atoms with Crippen LogP contribution in [-0.2, 0) is 13.7 Å². The zero-order chi connectivity index (χ0) is 14.8. The number of nitrogens with zero attached hydrogens (tertiary/aromatic N) is 4. The summed E-state index contributed by atoms with van der Waals surface area (Å²) in [7, 11) is 4.10. The molecule has 0 bridgehead atoms. The first-order valence-corrected chi connectivity index (χ1v) is 7.95. The van der Waals surface area contributed by atoms with Crippen LogP contribution in [0.25, 0.3) is 11.6 Å². The van der Waals surface area contributed by atoms with Crippen LogP contribution in [-0.4, -0.2) is 32.3 Å². The number of aromatic nitrogens is 3. The van der Waals surface area contributed by atoms with Gasteiger partial charge in [-0.1, -0.05) is 19.3 Å². The third kappa shape index (κ3) is 2.96. The lowest BCUT2D eigenvalue weighted by molar-refractivity contribution is 0.145. The maximum absolute atomic E-state index is 5.50. The van der Waals surface area contributed by atoms with Crippen LogP contribution in [0.1, 0.15) is 32.1 Å². The standard InChI is InChI=1S/C15H22N4OS/c1-17(12-7-4-3-5-8-12)11-19-15(21)18(2)14(16-19)13-9-6-10-20-13/h6,9-10,12H,3-5,7-8,11H2,1-2H3. The van der Waals surface area contributed by atoms with Crippen LogP contribution < -0.4 is 0 Å².